The molecule has 0 saturated heterocycles. The van der Waals surface area contributed by atoms with Gasteiger partial charge in [-0.05, 0) is 24.3 Å². The molecule has 0 unspecified atom stereocenters. The zero-order valence-electron chi connectivity index (χ0n) is 14.0. The molecule has 0 spiro atoms. The van der Waals surface area contributed by atoms with Crippen molar-refractivity contribution in [2.24, 2.45) is 11.7 Å². The van der Waals surface area contributed by atoms with Crippen LogP contribution in [0.15, 0.2) is 30.3 Å². The zero-order valence-corrected chi connectivity index (χ0v) is 14.0. The van der Waals surface area contributed by atoms with E-state index in [-0.39, 0.29) is 12.5 Å². The van der Waals surface area contributed by atoms with Gasteiger partial charge in [0, 0.05) is 0 Å². The molecule has 7 heteroatoms. The Morgan fingerprint density at radius 1 is 1.17 bits per heavy atom. The predicted octanol–water partition coefficient (Wildman–Crippen LogP) is 0.288. The van der Waals surface area contributed by atoms with E-state index in [2.05, 4.69) is 10.6 Å². The van der Waals surface area contributed by atoms with E-state index in [1.165, 1.54) is 0 Å². The monoisotopic (exact) mass is 335 g/mol. The lowest BCUT2D eigenvalue weighted by atomic mass is 10.0. The average Bonchev–Trinajstić information content (AvgIpc) is 2.52. The summed E-state index contributed by atoms with van der Waals surface area (Å²) in [5.74, 6) is -1.97. The van der Waals surface area contributed by atoms with Crippen LogP contribution >= 0.6 is 0 Å². The van der Waals surface area contributed by atoms with Crippen molar-refractivity contribution >= 4 is 17.8 Å². The topological polar surface area (TPSA) is 122 Å². The van der Waals surface area contributed by atoms with Crippen LogP contribution < -0.4 is 16.4 Å². The van der Waals surface area contributed by atoms with Crippen LogP contribution in [0.3, 0.4) is 0 Å². The minimum absolute atomic E-state index is 0.125. The Morgan fingerprint density at radius 2 is 1.79 bits per heavy atom. The predicted molar refractivity (Wildman–Crippen MR) is 90.2 cm³/mol. The first-order valence-corrected chi connectivity index (χ1v) is 7.89. The van der Waals surface area contributed by atoms with Crippen LogP contribution in [0.1, 0.15) is 25.8 Å². The van der Waals surface area contributed by atoms with Gasteiger partial charge in [0.2, 0.25) is 11.8 Å². The first-order valence-electron chi connectivity index (χ1n) is 7.89. The van der Waals surface area contributed by atoms with Crippen molar-refractivity contribution in [2.75, 3.05) is 6.54 Å². The molecule has 1 rings (SSSR count). The Kier molecular flexibility index (Phi) is 7.91. The molecule has 0 aliphatic rings. The Bertz CT molecular complexity index is 560. The minimum atomic E-state index is -1.09. The highest BCUT2D eigenvalue weighted by Gasteiger charge is 2.21. The maximum absolute atomic E-state index is 11.9. The van der Waals surface area contributed by atoms with Gasteiger partial charge in [-0.3, -0.25) is 9.59 Å². The van der Waals surface area contributed by atoms with Gasteiger partial charge in [-0.15, -0.1) is 0 Å². The molecule has 24 heavy (non-hydrogen) atoms. The van der Waals surface area contributed by atoms with Crippen LogP contribution in [0.5, 0.6) is 0 Å². The van der Waals surface area contributed by atoms with Crippen molar-refractivity contribution in [3.05, 3.63) is 35.9 Å². The van der Waals surface area contributed by atoms with Crippen LogP contribution in [-0.2, 0) is 20.8 Å². The Labute approximate surface area is 141 Å². The van der Waals surface area contributed by atoms with E-state index in [9.17, 15) is 14.4 Å². The van der Waals surface area contributed by atoms with Gasteiger partial charge in [-0.2, -0.15) is 0 Å². The largest absolute Gasteiger partial charge is 0.480 e. The number of amides is 2. The van der Waals surface area contributed by atoms with Crippen LogP contribution in [-0.4, -0.2) is 41.5 Å². The molecule has 0 radical (unpaired) electrons. The van der Waals surface area contributed by atoms with E-state index in [4.69, 9.17) is 10.8 Å². The van der Waals surface area contributed by atoms with Crippen molar-refractivity contribution < 1.29 is 19.5 Å². The Balaban J connectivity index is 2.42. The second-order valence-corrected chi connectivity index (χ2v) is 6.10. The number of carbonyl (C=O) groups excluding carboxylic acids is 2. The maximum atomic E-state index is 11.9. The molecule has 7 nitrogen and oxygen atoms in total. The lowest BCUT2D eigenvalue weighted by Crippen LogP contribution is -2.49. The first kappa shape index (κ1) is 19.6. The van der Waals surface area contributed by atoms with Crippen molar-refractivity contribution in [3.8, 4) is 0 Å². The molecule has 1 aromatic rings. The maximum Gasteiger partial charge on any atom is 0.326 e. The number of carbonyl (C=O) groups is 3. The highest BCUT2D eigenvalue weighted by molar-refractivity contribution is 5.89. The summed E-state index contributed by atoms with van der Waals surface area (Å²) in [6.07, 6.45) is 0.682. The van der Waals surface area contributed by atoms with Gasteiger partial charge in [0.15, 0.2) is 0 Å². The second-order valence-electron chi connectivity index (χ2n) is 6.10. The molecule has 0 aliphatic heterocycles. The van der Waals surface area contributed by atoms with Crippen LogP contribution in [0.4, 0.5) is 0 Å². The molecular formula is C17H25N3O4. The zero-order chi connectivity index (χ0) is 18.1. The van der Waals surface area contributed by atoms with Crippen molar-refractivity contribution in [3.63, 3.8) is 0 Å². The minimum Gasteiger partial charge on any atom is -0.480 e. The number of nitrogens with two attached hydrogens (primary N) is 1. The fourth-order valence-electron chi connectivity index (χ4n) is 2.20. The van der Waals surface area contributed by atoms with Gasteiger partial charge in [0.1, 0.15) is 6.04 Å². The fraction of sp³-hybridized carbons (Fsp3) is 0.471. The van der Waals surface area contributed by atoms with Crippen LogP contribution in [0.25, 0.3) is 0 Å². The van der Waals surface area contributed by atoms with Gasteiger partial charge in [-0.1, -0.05) is 44.2 Å². The third kappa shape index (κ3) is 7.23. The number of hydrogen-bond acceptors (Lipinski definition) is 4. The molecule has 2 atom stereocenters. The summed E-state index contributed by atoms with van der Waals surface area (Å²) in [5.41, 5.74) is 6.74. The summed E-state index contributed by atoms with van der Waals surface area (Å²) < 4.78 is 0. The number of nitrogens with one attached hydrogen (secondary N) is 2. The number of rotatable bonds is 9. The molecule has 0 fully saturated rings. The first-order chi connectivity index (χ1) is 11.3. The summed E-state index contributed by atoms with van der Waals surface area (Å²) in [6.45, 7) is 3.43. The van der Waals surface area contributed by atoms with E-state index in [0.29, 0.717) is 12.8 Å². The van der Waals surface area contributed by atoms with Crippen molar-refractivity contribution in [1.82, 2.24) is 10.6 Å². The van der Waals surface area contributed by atoms with E-state index in [0.717, 1.165) is 5.56 Å². The van der Waals surface area contributed by atoms with Crippen LogP contribution in [0, 0.1) is 5.92 Å². The lowest BCUT2D eigenvalue weighted by Gasteiger charge is -2.17. The highest BCUT2D eigenvalue weighted by Crippen LogP contribution is 2.05. The molecular weight excluding hydrogens is 310 g/mol. The van der Waals surface area contributed by atoms with Gasteiger partial charge in [-0.25, -0.2) is 4.79 Å². The van der Waals surface area contributed by atoms with E-state index in [1.807, 2.05) is 44.2 Å². The molecule has 0 heterocycles. The average molecular weight is 335 g/mol. The number of aliphatic carboxylic acids is 1. The number of carboxylic acids is 1. The standard InChI is InChI=1S/C17H25N3O4/c1-11(2)8-14(17(23)24)20-15(21)10-19-16(22)13(18)9-12-6-4-3-5-7-12/h3-7,11,13-14H,8-10,18H2,1-2H3,(H,19,22)(H,20,21)(H,23,24)/t13-,14-/m0/s1. The van der Waals surface area contributed by atoms with Gasteiger partial charge in [0.25, 0.3) is 0 Å². The molecule has 0 bridgehead atoms. The van der Waals surface area contributed by atoms with Gasteiger partial charge < -0.3 is 21.5 Å². The quantitative estimate of drug-likeness (QED) is 0.517. The highest BCUT2D eigenvalue weighted by atomic mass is 16.4. The summed E-state index contributed by atoms with van der Waals surface area (Å²) in [4.78, 5) is 34.8. The van der Waals surface area contributed by atoms with Crippen molar-refractivity contribution in [2.45, 2.75) is 38.8 Å². The van der Waals surface area contributed by atoms with Gasteiger partial charge >= 0.3 is 5.97 Å². The van der Waals surface area contributed by atoms with Crippen LogP contribution in [0.2, 0.25) is 0 Å². The smallest absolute Gasteiger partial charge is 0.326 e. The lowest BCUT2D eigenvalue weighted by molar-refractivity contribution is -0.142. The third-order valence-corrected chi connectivity index (χ3v) is 3.40. The molecule has 5 N–H and O–H groups in total. The van der Waals surface area contributed by atoms with Gasteiger partial charge in [0.05, 0.1) is 12.6 Å². The van der Waals surface area contributed by atoms with E-state index in [1.54, 1.807) is 0 Å². The number of carboxylic acid groups (broad SMARTS) is 1. The normalized spacial score (nSPS) is 13.2. The van der Waals surface area contributed by atoms with Crippen molar-refractivity contribution in [1.29, 1.82) is 0 Å². The summed E-state index contributed by atoms with van der Waals surface area (Å²) >= 11 is 0. The molecule has 132 valence electrons. The number of benzene rings is 1. The number of hydrogen-bond donors (Lipinski definition) is 4. The fourth-order valence-corrected chi connectivity index (χ4v) is 2.20. The Morgan fingerprint density at radius 3 is 2.33 bits per heavy atom. The third-order valence-electron chi connectivity index (χ3n) is 3.40. The summed E-state index contributed by atoms with van der Waals surface area (Å²) in [6, 6.07) is 7.57. The molecule has 1 aromatic carbocycles. The molecule has 2 amide bonds. The SMILES string of the molecule is CC(C)C[C@H](NC(=O)CNC(=O)[C@@H](N)Cc1ccccc1)C(=O)O. The summed E-state index contributed by atoms with van der Waals surface area (Å²) in [5, 5.41) is 13.9. The second kappa shape index (κ2) is 9.67. The Hall–Kier alpha value is -2.41. The van der Waals surface area contributed by atoms with E-state index >= 15 is 0 Å². The van der Waals surface area contributed by atoms with E-state index < -0.39 is 29.9 Å². The molecule has 0 aromatic heterocycles. The molecule has 0 aliphatic carbocycles. The molecule has 0 saturated carbocycles. The summed E-state index contributed by atoms with van der Waals surface area (Å²) in [7, 11) is 0.